The molecule has 1 aliphatic rings. The molecule has 1 saturated heterocycles. The molecule has 1 aliphatic heterocycles. The Labute approximate surface area is 105 Å². The smallest absolute Gasteiger partial charge is 0.411 e. The molecule has 2 unspecified atom stereocenters. The van der Waals surface area contributed by atoms with Crippen LogP contribution in [0.4, 0.5) is 4.79 Å². The highest BCUT2D eigenvalue weighted by Gasteiger charge is 2.44. The van der Waals surface area contributed by atoms with E-state index >= 15 is 0 Å². The van der Waals surface area contributed by atoms with Gasteiger partial charge in [0, 0.05) is 0 Å². The van der Waals surface area contributed by atoms with E-state index in [0.717, 1.165) is 5.56 Å². The Balaban J connectivity index is 2.18. The van der Waals surface area contributed by atoms with Crippen LogP contribution in [0, 0.1) is 0 Å². The monoisotopic (exact) mass is 249 g/mol. The Morgan fingerprint density at radius 1 is 1.39 bits per heavy atom. The van der Waals surface area contributed by atoms with Gasteiger partial charge in [-0.15, -0.1) is 0 Å². The SMILES string of the molecule is COC(=O)C1C(C)OC(=O)N1Cc1ccccc1. The van der Waals surface area contributed by atoms with Gasteiger partial charge < -0.3 is 9.47 Å². The van der Waals surface area contributed by atoms with Crippen LogP contribution in [0.3, 0.4) is 0 Å². The lowest BCUT2D eigenvalue weighted by molar-refractivity contribution is -0.146. The first-order valence-electron chi connectivity index (χ1n) is 5.72. The summed E-state index contributed by atoms with van der Waals surface area (Å²) in [5, 5.41) is 0. The lowest BCUT2D eigenvalue weighted by Crippen LogP contribution is -2.42. The first-order chi connectivity index (χ1) is 8.63. The molecule has 5 nitrogen and oxygen atoms in total. The number of amides is 1. The van der Waals surface area contributed by atoms with E-state index in [9.17, 15) is 9.59 Å². The zero-order valence-corrected chi connectivity index (χ0v) is 10.3. The highest BCUT2D eigenvalue weighted by molar-refractivity contribution is 5.84. The molecule has 96 valence electrons. The van der Waals surface area contributed by atoms with E-state index in [2.05, 4.69) is 0 Å². The minimum Gasteiger partial charge on any atom is -0.467 e. The molecule has 0 aliphatic carbocycles. The number of cyclic esters (lactones) is 1. The number of hydrogen-bond donors (Lipinski definition) is 0. The quantitative estimate of drug-likeness (QED) is 0.763. The Morgan fingerprint density at radius 3 is 2.67 bits per heavy atom. The van der Waals surface area contributed by atoms with Crippen LogP contribution in [-0.4, -0.2) is 36.2 Å². The predicted octanol–water partition coefficient (Wildman–Crippen LogP) is 1.57. The lowest BCUT2D eigenvalue weighted by Gasteiger charge is -2.20. The fraction of sp³-hybridized carbons (Fsp3) is 0.385. The second kappa shape index (κ2) is 5.08. The van der Waals surface area contributed by atoms with Crippen LogP contribution >= 0.6 is 0 Å². The van der Waals surface area contributed by atoms with E-state index < -0.39 is 24.2 Å². The first kappa shape index (κ1) is 12.4. The molecule has 5 heteroatoms. The number of methoxy groups -OCH3 is 1. The summed E-state index contributed by atoms with van der Waals surface area (Å²) >= 11 is 0. The van der Waals surface area contributed by atoms with Crippen LogP contribution < -0.4 is 0 Å². The van der Waals surface area contributed by atoms with E-state index in [4.69, 9.17) is 9.47 Å². The van der Waals surface area contributed by atoms with Crippen molar-refractivity contribution < 1.29 is 19.1 Å². The third kappa shape index (κ3) is 2.30. The normalized spacial score (nSPS) is 22.8. The molecular formula is C13H15NO4. The van der Waals surface area contributed by atoms with Crippen molar-refractivity contribution in [3.05, 3.63) is 35.9 Å². The van der Waals surface area contributed by atoms with Crippen molar-refractivity contribution in [2.45, 2.75) is 25.6 Å². The second-order valence-corrected chi connectivity index (χ2v) is 4.17. The van der Waals surface area contributed by atoms with Gasteiger partial charge in [-0.2, -0.15) is 0 Å². The van der Waals surface area contributed by atoms with E-state index in [1.807, 2.05) is 30.3 Å². The van der Waals surface area contributed by atoms with Gasteiger partial charge in [0.05, 0.1) is 13.7 Å². The molecule has 1 heterocycles. The lowest BCUT2D eigenvalue weighted by atomic mass is 10.1. The van der Waals surface area contributed by atoms with Crippen molar-refractivity contribution in [2.75, 3.05) is 7.11 Å². The molecule has 18 heavy (non-hydrogen) atoms. The molecule has 1 fully saturated rings. The van der Waals surface area contributed by atoms with E-state index in [0.29, 0.717) is 6.54 Å². The van der Waals surface area contributed by atoms with Crippen LogP contribution in [0.25, 0.3) is 0 Å². The maximum atomic E-state index is 11.7. The summed E-state index contributed by atoms with van der Waals surface area (Å²) in [5.41, 5.74) is 0.942. The second-order valence-electron chi connectivity index (χ2n) is 4.17. The van der Waals surface area contributed by atoms with Crippen molar-refractivity contribution in [3.8, 4) is 0 Å². The largest absolute Gasteiger partial charge is 0.467 e. The molecule has 0 radical (unpaired) electrons. The van der Waals surface area contributed by atoms with Crippen molar-refractivity contribution in [2.24, 2.45) is 0 Å². The summed E-state index contributed by atoms with van der Waals surface area (Å²) < 4.78 is 9.78. The van der Waals surface area contributed by atoms with Crippen molar-refractivity contribution in [3.63, 3.8) is 0 Å². The minimum atomic E-state index is -0.678. The molecule has 1 aromatic rings. The van der Waals surface area contributed by atoms with E-state index in [1.54, 1.807) is 6.92 Å². The molecule has 2 atom stereocenters. The molecule has 0 spiro atoms. The molecule has 0 aromatic heterocycles. The van der Waals surface area contributed by atoms with Gasteiger partial charge in [0.1, 0.15) is 6.10 Å². The number of ether oxygens (including phenoxy) is 2. The molecule has 0 N–H and O–H groups in total. The zero-order chi connectivity index (χ0) is 13.1. The number of carbonyl (C=O) groups is 2. The van der Waals surface area contributed by atoms with Gasteiger partial charge in [-0.25, -0.2) is 9.59 Å². The van der Waals surface area contributed by atoms with Crippen molar-refractivity contribution in [1.82, 2.24) is 4.90 Å². The number of nitrogens with zero attached hydrogens (tertiary/aromatic N) is 1. The van der Waals surface area contributed by atoms with E-state index in [-0.39, 0.29) is 0 Å². The molecule has 1 amide bonds. The van der Waals surface area contributed by atoms with Gasteiger partial charge in [0.2, 0.25) is 0 Å². The number of rotatable bonds is 3. The summed E-state index contributed by atoms with van der Waals surface area (Å²) in [5.74, 6) is -0.454. The maximum absolute atomic E-state index is 11.7. The Kier molecular flexibility index (Phi) is 3.50. The Bertz CT molecular complexity index is 446. The van der Waals surface area contributed by atoms with Crippen LogP contribution in [-0.2, 0) is 20.8 Å². The molecule has 0 saturated carbocycles. The summed E-state index contributed by atoms with van der Waals surface area (Å²) in [7, 11) is 1.30. The average molecular weight is 249 g/mol. The van der Waals surface area contributed by atoms with Gasteiger partial charge in [-0.05, 0) is 12.5 Å². The zero-order valence-electron chi connectivity index (χ0n) is 10.3. The van der Waals surface area contributed by atoms with E-state index in [1.165, 1.54) is 12.0 Å². The van der Waals surface area contributed by atoms with Gasteiger partial charge >= 0.3 is 12.1 Å². The topological polar surface area (TPSA) is 55.8 Å². The number of esters is 1. The van der Waals surface area contributed by atoms with Crippen LogP contribution in [0.1, 0.15) is 12.5 Å². The van der Waals surface area contributed by atoms with Gasteiger partial charge in [0.15, 0.2) is 6.04 Å². The Morgan fingerprint density at radius 2 is 2.06 bits per heavy atom. The fourth-order valence-corrected chi connectivity index (χ4v) is 2.04. The highest BCUT2D eigenvalue weighted by atomic mass is 16.6. The van der Waals surface area contributed by atoms with Crippen molar-refractivity contribution >= 4 is 12.1 Å². The highest BCUT2D eigenvalue weighted by Crippen LogP contribution is 2.22. The van der Waals surface area contributed by atoms with Gasteiger partial charge in [-0.3, -0.25) is 4.90 Å². The first-order valence-corrected chi connectivity index (χ1v) is 5.72. The van der Waals surface area contributed by atoms with Crippen LogP contribution in [0.5, 0.6) is 0 Å². The van der Waals surface area contributed by atoms with Gasteiger partial charge in [0.25, 0.3) is 0 Å². The molecule has 1 aromatic carbocycles. The van der Waals surface area contributed by atoms with Gasteiger partial charge in [-0.1, -0.05) is 30.3 Å². The summed E-state index contributed by atoms with van der Waals surface area (Å²) in [6.45, 7) is 2.02. The molecule has 0 bridgehead atoms. The standard InChI is InChI=1S/C13H15NO4/c1-9-11(12(15)17-2)14(13(16)18-9)8-10-6-4-3-5-7-10/h3-7,9,11H,8H2,1-2H3. The third-order valence-electron chi connectivity index (χ3n) is 2.94. The summed E-state index contributed by atoms with van der Waals surface area (Å²) in [6, 6.07) is 8.77. The fourth-order valence-electron chi connectivity index (χ4n) is 2.04. The average Bonchev–Trinajstić information content (AvgIpc) is 2.65. The van der Waals surface area contributed by atoms with Crippen molar-refractivity contribution in [1.29, 1.82) is 0 Å². The number of benzene rings is 1. The maximum Gasteiger partial charge on any atom is 0.411 e. The summed E-state index contributed by atoms with van der Waals surface area (Å²) in [6.07, 6.45) is -0.976. The molecule has 2 rings (SSSR count). The van der Waals surface area contributed by atoms with Crippen LogP contribution in [0.2, 0.25) is 0 Å². The number of hydrogen-bond acceptors (Lipinski definition) is 4. The third-order valence-corrected chi connectivity index (χ3v) is 2.94. The summed E-state index contributed by atoms with van der Waals surface area (Å²) in [4.78, 5) is 24.8. The predicted molar refractivity (Wildman–Crippen MR) is 63.7 cm³/mol. The van der Waals surface area contributed by atoms with Crippen LogP contribution in [0.15, 0.2) is 30.3 Å². The Hall–Kier alpha value is -2.04. The number of carbonyl (C=O) groups excluding carboxylic acids is 2. The minimum absolute atomic E-state index is 0.337. The molecular weight excluding hydrogens is 234 g/mol.